The van der Waals surface area contributed by atoms with Gasteiger partial charge in [-0.2, -0.15) is 11.8 Å². The maximum absolute atomic E-state index is 11.9. The molecule has 1 aromatic heterocycles. The molecule has 3 nitrogen and oxygen atoms in total. The molecule has 0 aliphatic rings. The average molecular weight is 320 g/mol. The molecule has 96 valence electrons. The molecule has 0 bridgehead atoms. The molecule has 1 heterocycles. The van der Waals surface area contributed by atoms with Gasteiger partial charge in [0.15, 0.2) is 4.67 Å². The molecule has 0 saturated carbocycles. The lowest BCUT2D eigenvalue weighted by Crippen LogP contribution is -2.39. The number of rotatable bonds is 6. The quantitative estimate of drug-likeness (QED) is 0.869. The van der Waals surface area contributed by atoms with Crippen LogP contribution < -0.4 is 5.32 Å². The molecule has 0 saturated heterocycles. The Balaban J connectivity index is 2.62. The predicted molar refractivity (Wildman–Crippen MR) is 75.6 cm³/mol. The zero-order chi connectivity index (χ0) is 12.9. The second-order valence-electron chi connectivity index (χ2n) is 3.88. The topological polar surface area (TPSA) is 42.2 Å². The van der Waals surface area contributed by atoms with Gasteiger partial charge in [0.05, 0.1) is 11.8 Å². The van der Waals surface area contributed by atoms with Crippen LogP contribution in [0.2, 0.25) is 0 Å². The fourth-order valence-electron chi connectivity index (χ4n) is 1.65. The van der Waals surface area contributed by atoms with E-state index in [2.05, 4.69) is 41.3 Å². The first-order chi connectivity index (χ1) is 8.08. The number of furan rings is 1. The third-order valence-corrected chi connectivity index (χ3v) is 5.36. The summed E-state index contributed by atoms with van der Waals surface area (Å²) in [6.45, 7) is 4.98. The SMILES string of the molecule is CCC(CC)(CNC(=O)c1ccoc1Br)SC. The molecule has 0 atom stereocenters. The third kappa shape index (κ3) is 3.52. The Morgan fingerprint density at radius 3 is 2.59 bits per heavy atom. The monoisotopic (exact) mass is 319 g/mol. The Labute approximate surface area is 115 Å². The molecule has 1 amide bonds. The van der Waals surface area contributed by atoms with Crippen molar-refractivity contribution in [3.8, 4) is 0 Å². The number of thioether (sulfide) groups is 1. The molecule has 0 unspecified atom stereocenters. The molecule has 0 aromatic carbocycles. The Kier molecular flexibility index (Phi) is 5.59. The van der Waals surface area contributed by atoms with Crippen LogP contribution in [-0.4, -0.2) is 23.5 Å². The molecule has 0 radical (unpaired) electrons. The number of amides is 1. The van der Waals surface area contributed by atoms with E-state index < -0.39 is 0 Å². The molecule has 1 aromatic rings. The van der Waals surface area contributed by atoms with Crippen molar-refractivity contribution in [3.05, 3.63) is 22.6 Å². The molecule has 0 aliphatic heterocycles. The first-order valence-electron chi connectivity index (χ1n) is 5.65. The van der Waals surface area contributed by atoms with Crippen molar-refractivity contribution < 1.29 is 9.21 Å². The minimum atomic E-state index is -0.0917. The van der Waals surface area contributed by atoms with E-state index in [0.717, 1.165) is 12.8 Å². The smallest absolute Gasteiger partial charge is 0.255 e. The van der Waals surface area contributed by atoms with E-state index in [9.17, 15) is 4.79 Å². The van der Waals surface area contributed by atoms with Gasteiger partial charge < -0.3 is 9.73 Å². The maximum atomic E-state index is 11.9. The van der Waals surface area contributed by atoms with Crippen LogP contribution >= 0.6 is 27.7 Å². The molecule has 0 aliphatic carbocycles. The second-order valence-corrected chi connectivity index (χ2v) is 5.88. The van der Waals surface area contributed by atoms with Crippen LogP contribution in [0.15, 0.2) is 21.4 Å². The number of nitrogens with one attached hydrogen (secondary N) is 1. The van der Waals surface area contributed by atoms with Gasteiger partial charge in [0, 0.05) is 11.3 Å². The zero-order valence-corrected chi connectivity index (χ0v) is 12.8. The van der Waals surface area contributed by atoms with E-state index >= 15 is 0 Å². The summed E-state index contributed by atoms with van der Waals surface area (Å²) in [6.07, 6.45) is 5.67. The molecule has 17 heavy (non-hydrogen) atoms. The highest BCUT2D eigenvalue weighted by Crippen LogP contribution is 2.29. The van der Waals surface area contributed by atoms with E-state index in [-0.39, 0.29) is 10.7 Å². The van der Waals surface area contributed by atoms with Gasteiger partial charge in [0.2, 0.25) is 0 Å². The summed E-state index contributed by atoms with van der Waals surface area (Å²) in [5.41, 5.74) is 0.548. The summed E-state index contributed by atoms with van der Waals surface area (Å²) < 4.78 is 5.66. The van der Waals surface area contributed by atoms with Crippen molar-refractivity contribution in [2.75, 3.05) is 12.8 Å². The van der Waals surface area contributed by atoms with E-state index in [1.54, 1.807) is 6.07 Å². The van der Waals surface area contributed by atoms with Gasteiger partial charge in [-0.05, 0) is 41.1 Å². The third-order valence-electron chi connectivity index (χ3n) is 3.16. The lowest BCUT2D eigenvalue weighted by molar-refractivity contribution is 0.0947. The molecule has 1 N–H and O–H groups in total. The van der Waals surface area contributed by atoms with Gasteiger partial charge in [-0.3, -0.25) is 4.79 Å². The first kappa shape index (κ1) is 14.6. The summed E-state index contributed by atoms with van der Waals surface area (Å²) in [4.78, 5) is 11.9. The summed E-state index contributed by atoms with van der Waals surface area (Å²) in [6, 6.07) is 1.66. The largest absolute Gasteiger partial charge is 0.457 e. The average Bonchev–Trinajstić information content (AvgIpc) is 2.78. The minimum Gasteiger partial charge on any atom is -0.457 e. The molecular weight excluding hydrogens is 302 g/mol. The normalized spacial score (nSPS) is 11.5. The van der Waals surface area contributed by atoms with Crippen LogP contribution in [0.5, 0.6) is 0 Å². The summed E-state index contributed by atoms with van der Waals surface area (Å²) in [7, 11) is 0. The van der Waals surface area contributed by atoms with Crippen LogP contribution in [0.1, 0.15) is 37.0 Å². The van der Waals surface area contributed by atoms with Gasteiger partial charge >= 0.3 is 0 Å². The number of carbonyl (C=O) groups is 1. The lowest BCUT2D eigenvalue weighted by atomic mass is 10.0. The molecule has 1 rings (SSSR count). The Hall–Kier alpha value is -0.420. The summed E-state index contributed by atoms with van der Waals surface area (Å²) >= 11 is 5.02. The van der Waals surface area contributed by atoms with Gasteiger partial charge in [0.1, 0.15) is 0 Å². The summed E-state index contributed by atoms with van der Waals surface area (Å²) in [5.74, 6) is -0.0917. The van der Waals surface area contributed by atoms with Crippen molar-refractivity contribution in [2.45, 2.75) is 31.4 Å². The van der Waals surface area contributed by atoms with Crippen molar-refractivity contribution in [1.82, 2.24) is 5.32 Å². The Morgan fingerprint density at radius 2 is 2.18 bits per heavy atom. The number of halogens is 1. The predicted octanol–water partition coefficient (Wildman–Crippen LogP) is 3.69. The zero-order valence-electron chi connectivity index (χ0n) is 10.4. The van der Waals surface area contributed by atoms with E-state index in [1.165, 1.54) is 6.26 Å². The van der Waals surface area contributed by atoms with Crippen LogP contribution in [0.3, 0.4) is 0 Å². The fourth-order valence-corrected chi connectivity index (χ4v) is 2.87. The highest BCUT2D eigenvalue weighted by molar-refractivity contribution is 9.10. The van der Waals surface area contributed by atoms with Crippen molar-refractivity contribution in [3.63, 3.8) is 0 Å². The van der Waals surface area contributed by atoms with E-state index in [4.69, 9.17) is 4.42 Å². The van der Waals surface area contributed by atoms with Crippen molar-refractivity contribution in [1.29, 1.82) is 0 Å². The van der Waals surface area contributed by atoms with Crippen LogP contribution in [0, 0.1) is 0 Å². The van der Waals surface area contributed by atoms with Gasteiger partial charge in [0.25, 0.3) is 5.91 Å². The lowest BCUT2D eigenvalue weighted by Gasteiger charge is -2.29. The van der Waals surface area contributed by atoms with Gasteiger partial charge in [-0.1, -0.05) is 13.8 Å². The molecule has 0 fully saturated rings. The number of carbonyl (C=O) groups excluding carboxylic acids is 1. The van der Waals surface area contributed by atoms with Gasteiger partial charge in [-0.25, -0.2) is 0 Å². The first-order valence-corrected chi connectivity index (χ1v) is 7.66. The maximum Gasteiger partial charge on any atom is 0.255 e. The number of hydrogen-bond donors (Lipinski definition) is 1. The van der Waals surface area contributed by atoms with Gasteiger partial charge in [-0.15, -0.1) is 0 Å². The molecule has 0 spiro atoms. The fraction of sp³-hybridized carbons (Fsp3) is 0.583. The summed E-state index contributed by atoms with van der Waals surface area (Å²) in [5, 5.41) is 2.97. The van der Waals surface area contributed by atoms with Crippen LogP contribution in [-0.2, 0) is 0 Å². The highest BCUT2D eigenvalue weighted by Gasteiger charge is 2.26. The Bertz CT molecular complexity index is 366. The highest BCUT2D eigenvalue weighted by atomic mass is 79.9. The number of hydrogen-bond acceptors (Lipinski definition) is 3. The Morgan fingerprint density at radius 1 is 1.53 bits per heavy atom. The van der Waals surface area contributed by atoms with E-state index in [1.807, 2.05) is 11.8 Å². The second kappa shape index (κ2) is 6.50. The van der Waals surface area contributed by atoms with Crippen molar-refractivity contribution in [2.24, 2.45) is 0 Å². The van der Waals surface area contributed by atoms with Crippen LogP contribution in [0.4, 0.5) is 0 Å². The standard InChI is InChI=1S/C12H18BrNO2S/c1-4-12(5-2,17-3)8-14-11(15)9-6-7-16-10(9)13/h6-7H,4-5,8H2,1-3H3,(H,14,15). The van der Waals surface area contributed by atoms with E-state index in [0.29, 0.717) is 16.8 Å². The van der Waals surface area contributed by atoms with Crippen LogP contribution in [0.25, 0.3) is 0 Å². The molecular formula is C12H18BrNO2S. The minimum absolute atomic E-state index is 0.0917. The van der Waals surface area contributed by atoms with Crippen molar-refractivity contribution >= 4 is 33.6 Å². The molecule has 5 heteroatoms.